The highest BCUT2D eigenvalue weighted by molar-refractivity contribution is 5.85. The summed E-state index contributed by atoms with van der Waals surface area (Å²) in [5.74, 6) is 0.0547. The summed E-state index contributed by atoms with van der Waals surface area (Å²) >= 11 is 0. The van der Waals surface area contributed by atoms with Crippen LogP contribution in [0.5, 0.6) is 0 Å². The van der Waals surface area contributed by atoms with Gasteiger partial charge < -0.3 is 9.52 Å². The molecule has 1 saturated carbocycles. The van der Waals surface area contributed by atoms with E-state index in [1.165, 1.54) is 0 Å². The first-order chi connectivity index (χ1) is 6.59. The lowest BCUT2D eigenvalue weighted by atomic mass is 10.1. The Morgan fingerprint density at radius 1 is 1.57 bits per heavy atom. The Hall–Kier alpha value is -1.32. The molecule has 0 unspecified atom stereocenters. The monoisotopic (exact) mass is 195 g/mol. The Morgan fingerprint density at radius 2 is 2.21 bits per heavy atom. The van der Waals surface area contributed by atoms with Crippen LogP contribution in [0.1, 0.15) is 60.7 Å². The van der Waals surface area contributed by atoms with Crippen LogP contribution in [0, 0.1) is 0 Å². The van der Waals surface area contributed by atoms with Gasteiger partial charge in [0, 0.05) is 5.92 Å². The summed E-state index contributed by atoms with van der Waals surface area (Å²) in [5.41, 5.74) is 0.569. The lowest BCUT2D eigenvalue weighted by Crippen LogP contribution is -2.01. The Labute approximate surface area is 81.9 Å². The number of hydrogen-bond acceptors (Lipinski definition) is 3. The minimum atomic E-state index is -1.02. The number of rotatable bonds is 3. The van der Waals surface area contributed by atoms with E-state index < -0.39 is 5.97 Å². The van der Waals surface area contributed by atoms with E-state index in [0.717, 1.165) is 12.8 Å². The van der Waals surface area contributed by atoms with Gasteiger partial charge in [-0.3, -0.25) is 0 Å². The average Bonchev–Trinajstić information content (AvgIpc) is 2.83. The summed E-state index contributed by atoms with van der Waals surface area (Å²) in [6.07, 6.45) is 2.13. The number of carboxylic acid groups (broad SMARTS) is 1. The SMILES string of the molecule is CC(C)c1nc(C2CC2)oc1C(=O)O. The predicted octanol–water partition coefficient (Wildman–Crippen LogP) is 2.37. The maximum Gasteiger partial charge on any atom is 0.373 e. The van der Waals surface area contributed by atoms with Crippen molar-refractivity contribution in [1.82, 2.24) is 4.98 Å². The highest BCUT2D eigenvalue weighted by atomic mass is 16.4. The van der Waals surface area contributed by atoms with Gasteiger partial charge in [-0.15, -0.1) is 0 Å². The zero-order valence-corrected chi connectivity index (χ0v) is 8.28. The first-order valence-electron chi connectivity index (χ1n) is 4.83. The van der Waals surface area contributed by atoms with Gasteiger partial charge in [0.05, 0.1) is 5.69 Å². The molecule has 2 rings (SSSR count). The van der Waals surface area contributed by atoms with E-state index in [9.17, 15) is 4.79 Å². The van der Waals surface area contributed by atoms with Crippen molar-refractivity contribution in [3.8, 4) is 0 Å². The largest absolute Gasteiger partial charge is 0.475 e. The number of carbonyl (C=O) groups is 1. The standard InChI is InChI=1S/C10H13NO3/c1-5(2)7-8(10(12)13)14-9(11-7)6-3-4-6/h5-6H,3-4H2,1-2H3,(H,12,13). The average molecular weight is 195 g/mol. The molecule has 0 bridgehead atoms. The lowest BCUT2D eigenvalue weighted by molar-refractivity contribution is 0.0658. The molecule has 76 valence electrons. The van der Waals surface area contributed by atoms with Crippen molar-refractivity contribution in [2.45, 2.75) is 38.5 Å². The molecular weight excluding hydrogens is 182 g/mol. The van der Waals surface area contributed by atoms with Crippen molar-refractivity contribution in [3.05, 3.63) is 17.3 Å². The number of oxazole rings is 1. The third kappa shape index (κ3) is 1.52. The van der Waals surface area contributed by atoms with Crippen LogP contribution in [0.15, 0.2) is 4.42 Å². The molecule has 1 fully saturated rings. The molecule has 1 aliphatic rings. The van der Waals surface area contributed by atoms with Crippen LogP contribution >= 0.6 is 0 Å². The summed E-state index contributed by atoms with van der Waals surface area (Å²) in [7, 11) is 0. The predicted molar refractivity (Wildman–Crippen MR) is 49.5 cm³/mol. The van der Waals surface area contributed by atoms with Crippen molar-refractivity contribution in [2.24, 2.45) is 0 Å². The molecule has 4 nitrogen and oxygen atoms in total. The van der Waals surface area contributed by atoms with Crippen molar-refractivity contribution in [1.29, 1.82) is 0 Å². The number of hydrogen-bond donors (Lipinski definition) is 1. The molecule has 0 aromatic carbocycles. The van der Waals surface area contributed by atoms with E-state index in [-0.39, 0.29) is 11.7 Å². The quantitative estimate of drug-likeness (QED) is 0.804. The molecule has 1 aromatic rings. The normalized spacial score (nSPS) is 16.2. The summed E-state index contributed by atoms with van der Waals surface area (Å²) < 4.78 is 5.25. The second kappa shape index (κ2) is 3.12. The van der Waals surface area contributed by atoms with Gasteiger partial charge in [0.2, 0.25) is 5.76 Å². The fourth-order valence-corrected chi connectivity index (χ4v) is 1.40. The van der Waals surface area contributed by atoms with Crippen LogP contribution in [0.3, 0.4) is 0 Å². The molecule has 0 saturated heterocycles. The van der Waals surface area contributed by atoms with E-state index in [1.54, 1.807) is 0 Å². The van der Waals surface area contributed by atoms with Crippen LogP contribution in [0.25, 0.3) is 0 Å². The number of carboxylic acids is 1. The number of aromatic nitrogens is 1. The molecule has 0 radical (unpaired) electrons. The first kappa shape index (κ1) is 9.24. The Bertz CT molecular complexity index is 363. The van der Waals surface area contributed by atoms with Gasteiger partial charge in [-0.1, -0.05) is 13.8 Å². The second-order valence-electron chi connectivity index (χ2n) is 4.00. The molecule has 4 heteroatoms. The van der Waals surface area contributed by atoms with Gasteiger partial charge in [-0.2, -0.15) is 0 Å². The van der Waals surface area contributed by atoms with Crippen molar-refractivity contribution in [3.63, 3.8) is 0 Å². The molecule has 1 aliphatic carbocycles. The van der Waals surface area contributed by atoms with Gasteiger partial charge in [-0.25, -0.2) is 9.78 Å². The van der Waals surface area contributed by atoms with Gasteiger partial charge in [0.25, 0.3) is 0 Å². The third-order valence-electron chi connectivity index (χ3n) is 2.34. The summed E-state index contributed by atoms with van der Waals surface area (Å²) in [5, 5.41) is 8.90. The zero-order valence-electron chi connectivity index (χ0n) is 8.28. The van der Waals surface area contributed by atoms with Crippen LogP contribution in [-0.4, -0.2) is 16.1 Å². The molecule has 14 heavy (non-hydrogen) atoms. The maximum atomic E-state index is 10.8. The minimum Gasteiger partial charge on any atom is -0.475 e. The van der Waals surface area contributed by atoms with Crippen LogP contribution in [0.2, 0.25) is 0 Å². The second-order valence-corrected chi connectivity index (χ2v) is 4.00. The fraction of sp³-hybridized carbons (Fsp3) is 0.600. The Kier molecular flexibility index (Phi) is 2.06. The van der Waals surface area contributed by atoms with Gasteiger partial charge in [0.15, 0.2) is 5.89 Å². The Balaban J connectivity index is 2.39. The summed E-state index contributed by atoms with van der Waals surface area (Å²) in [4.78, 5) is 15.1. The smallest absolute Gasteiger partial charge is 0.373 e. The summed E-state index contributed by atoms with van der Waals surface area (Å²) in [6, 6.07) is 0. The van der Waals surface area contributed by atoms with Gasteiger partial charge >= 0.3 is 5.97 Å². The van der Waals surface area contributed by atoms with Crippen molar-refractivity contribution < 1.29 is 14.3 Å². The highest BCUT2D eigenvalue weighted by Crippen LogP contribution is 2.40. The summed E-state index contributed by atoms with van der Waals surface area (Å²) in [6.45, 7) is 3.84. The van der Waals surface area contributed by atoms with E-state index in [0.29, 0.717) is 17.5 Å². The molecule has 1 aromatic heterocycles. The number of nitrogens with zero attached hydrogens (tertiary/aromatic N) is 1. The van der Waals surface area contributed by atoms with E-state index in [4.69, 9.17) is 9.52 Å². The van der Waals surface area contributed by atoms with Crippen molar-refractivity contribution >= 4 is 5.97 Å². The molecule has 1 N–H and O–H groups in total. The molecule has 0 spiro atoms. The van der Waals surface area contributed by atoms with E-state index >= 15 is 0 Å². The minimum absolute atomic E-state index is 0.0156. The first-order valence-corrected chi connectivity index (χ1v) is 4.83. The lowest BCUT2D eigenvalue weighted by Gasteiger charge is -1.98. The molecule has 0 aliphatic heterocycles. The van der Waals surface area contributed by atoms with Crippen LogP contribution < -0.4 is 0 Å². The Morgan fingerprint density at radius 3 is 2.57 bits per heavy atom. The van der Waals surface area contributed by atoms with Crippen molar-refractivity contribution in [2.75, 3.05) is 0 Å². The molecular formula is C10H13NO3. The van der Waals surface area contributed by atoms with Gasteiger partial charge in [-0.05, 0) is 18.8 Å². The third-order valence-corrected chi connectivity index (χ3v) is 2.34. The molecule has 0 atom stereocenters. The maximum absolute atomic E-state index is 10.8. The van der Waals surface area contributed by atoms with Crippen LogP contribution in [0.4, 0.5) is 0 Å². The topological polar surface area (TPSA) is 63.3 Å². The number of aromatic carboxylic acids is 1. The van der Waals surface area contributed by atoms with Gasteiger partial charge in [0.1, 0.15) is 0 Å². The fourth-order valence-electron chi connectivity index (χ4n) is 1.40. The van der Waals surface area contributed by atoms with E-state index in [2.05, 4.69) is 4.98 Å². The zero-order chi connectivity index (χ0) is 10.3. The highest BCUT2D eigenvalue weighted by Gasteiger charge is 2.32. The molecule has 1 heterocycles. The molecule has 0 amide bonds. The van der Waals surface area contributed by atoms with Crippen LogP contribution in [-0.2, 0) is 0 Å². The van der Waals surface area contributed by atoms with E-state index in [1.807, 2.05) is 13.8 Å².